The number of likely N-dealkylation sites (N-methyl/N-ethyl adjacent to an activating group) is 1. The quantitative estimate of drug-likeness (QED) is 0.824. The van der Waals surface area contributed by atoms with E-state index in [-0.39, 0.29) is 5.41 Å². The van der Waals surface area contributed by atoms with E-state index in [0.29, 0.717) is 6.04 Å². The van der Waals surface area contributed by atoms with Crippen molar-refractivity contribution in [1.82, 2.24) is 0 Å². The molecule has 4 atom stereocenters. The van der Waals surface area contributed by atoms with Crippen molar-refractivity contribution in [2.75, 3.05) is 34.9 Å². The number of hydrogen-bond acceptors (Lipinski definition) is 4. The molecule has 2 bridgehead atoms. The summed E-state index contributed by atoms with van der Waals surface area (Å²) in [5.74, 6) is 0.675. The van der Waals surface area contributed by atoms with Crippen molar-refractivity contribution in [3.63, 3.8) is 0 Å². The number of benzene rings is 1. The number of methoxy groups -OCH3 is 2. The van der Waals surface area contributed by atoms with Crippen molar-refractivity contribution < 1.29 is 23.8 Å². The molecule has 4 aliphatic rings. The van der Waals surface area contributed by atoms with Gasteiger partial charge in [-0.15, -0.1) is 0 Å². The zero-order valence-corrected chi connectivity index (χ0v) is 16.3. The molecule has 2 aliphatic heterocycles. The van der Waals surface area contributed by atoms with Gasteiger partial charge in [0.25, 0.3) is 0 Å². The maximum absolute atomic E-state index is 10.7. The van der Waals surface area contributed by atoms with Gasteiger partial charge in [0.15, 0.2) is 11.5 Å². The lowest BCUT2D eigenvalue weighted by Gasteiger charge is -2.58. The zero-order chi connectivity index (χ0) is 18.3. The van der Waals surface area contributed by atoms with Crippen molar-refractivity contribution in [2.45, 2.75) is 61.9 Å². The fourth-order valence-electron chi connectivity index (χ4n) is 6.28. The number of quaternary nitrogens is 1. The SMILES string of the molecule is COc1cc2c3c4c1O[C@]1(OC)C[C@]4(CC[C@@H]1O)CC[C@@H]3[N+](C)(C)CC2. The highest BCUT2D eigenvalue weighted by Crippen LogP contribution is 2.64. The van der Waals surface area contributed by atoms with Crippen LogP contribution in [-0.2, 0) is 16.6 Å². The first-order valence-electron chi connectivity index (χ1n) is 9.85. The first kappa shape index (κ1) is 16.8. The van der Waals surface area contributed by atoms with Crippen LogP contribution in [0.25, 0.3) is 0 Å². The fourth-order valence-corrected chi connectivity index (χ4v) is 6.28. The molecule has 0 amide bonds. The van der Waals surface area contributed by atoms with E-state index in [2.05, 4.69) is 20.2 Å². The Hall–Kier alpha value is -1.30. The third-order valence-electron chi connectivity index (χ3n) is 7.76. The van der Waals surface area contributed by atoms with E-state index in [9.17, 15) is 5.11 Å². The maximum atomic E-state index is 10.7. The highest BCUT2D eigenvalue weighted by Gasteiger charge is 2.61. The van der Waals surface area contributed by atoms with Gasteiger partial charge in [0.1, 0.15) is 12.1 Å². The standard InChI is InChI=1S/C21H30NO4/c1-22(2)10-7-13-11-15(24-3)19-18-17(13)14(22)5-8-20(18)9-6-16(23)21(12-20,25-4)26-19/h11,14,16,23H,5-10,12H2,1-4H3/q+1/t14-,16-,20+,21+/m0/s1. The Morgan fingerprint density at radius 1 is 1.23 bits per heavy atom. The Balaban J connectivity index is 1.81. The van der Waals surface area contributed by atoms with Crippen LogP contribution in [0.3, 0.4) is 0 Å². The van der Waals surface area contributed by atoms with Crippen molar-refractivity contribution >= 4 is 0 Å². The molecule has 1 N–H and O–H groups in total. The molecule has 2 aliphatic carbocycles. The van der Waals surface area contributed by atoms with E-state index in [4.69, 9.17) is 14.2 Å². The molecule has 0 saturated heterocycles. The predicted octanol–water partition coefficient (Wildman–Crippen LogP) is 2.68. The Kier molecular flexibility index (Phi) is 3.34. The first-order chi connectivity index (χ1) is 12.4. The molecule has 1 saturated carbocycles. The maximum Gasteiger partial charge on any atom is 0.237 e. The second-order valence-corrected chi connectivity index (χ2v) is 9.29. The molecule has 0 radical (unpaired) electrons. The van der Waals surface area contributed by atoms with E-state index in [1.165, 1.54) is 23.1 Å². The second-order valence-electron chi connectivity index (χ2n) is 9.29. The van der Waals surface area contributed by atoms with E-state index < -0.39 is 11.9 Å². The van der Waals surface area contributed by atoms with Crippen molar-refractivity contribution in [1.29, 1.82) is 0 Å². The Morgan fingerprint density at radius 3 is 2.73 bits per heavy atom. The number of fused-ring (bicyclic) bond motifs is 1. The van der Waals surface area contributed by atoms with Gasteiger partial charge in [-0.2, -0.15) is 0 Å². The lowest BCUT2D eigenvalue weighted by atomic mass is 9.56. The Labute approximate surface area is 155 Å². The van der Waals surface area contributed by atoms with E-state index >= 15 is 0 Å². The average Bonchev–Trinajstić information content (AvgIpc) is 2.63. The summed E-state index contributed by atoms with van der Waals surface area (Å²) in [5.41, 5.74) is 4.34. The Bertz CT molecular complexity index is 776. The number of ether oxygens (including phenoxy) is 3. The third kappa shape index (κ3) is 1.92. The topological polar surface area (TPSA) is 47.9 Å². The third-order valence-corrected chi connectivity index (χ3v) is 7.76. The van der Waals surface area contributed by atoms with Gasteiger partial charge in [0.05, 0.1) is 27.7 Å². The van der Waals surface area contributed by atoms with Crippen molar-refractivity contribution in [3.8, 4) is 11.5 Å². The van der Waals surface area contributed by atoms with Crippen LogP contribution in [-0.4, -0.2) is 56.3 Å². The highest BCUT2D eigenvalue weighted by molar-refractivity contribution is 5.62. The number of hydrogen-bond donors (Lipinski definition) is 1. The van der Waals surface area contributed by atoms with Gasteiger partial charge < -0.3 is 23.8 Å². The summed E-state index contributed by atoms with van der Waals surface area (Å²) in [7, 11) is 8.08. The highest BCUT2D eigenvalue weighted by atomic mass is 16.7. The molecule has 1 fully saturated rings. The van der Waals surface area contributed by atoms with Crippen LogP contribution >= 0.6 is 0 Å². The summed E-state index contributed by atoms with van der Waals surface area (Å²) in [5, 5.41) is 10.7. The summed E-state index contributed by atoms with van der Waals surface area (Å²) in [6, 6.07) is 2.70. The van der Waals surface area contributed by atoms with Gasteiger partial charge in [0, 0.05) is 42.9 Å². The van der Waals surface area contributed by atoms with Gasteiger partial charge >= 0.3 is 0 Å². The average molecular weight is 360 g/mol. The lowest BCUT2D eigenvalue weighted by molar-refractivity contribution is -0.924. The second kappa shape index (κ2) is 5.15. The minimum atomic E-state index is -0.946. The smallest absolute Gasteiger partial charge is 0.237 e. The summed E-state index contributed by atoms with van der Waals surface area (Å²) in [4.78, 5) is 0. The van der Waals surface area contributed by atoms with Gasteiger partial charge in [-0.3, -0.25) is 0 Å². The normalized spacial score (nSPS) is 39.0. The minimum absolute atomic E-state index is 0.0370. The molecule has 5 rings (SSSR count). The monoisotopic (exact) mass is 360 g/mol. The molecule has 1 spiro atoms. The molecule has 5 heteroatoms. The van der Waals surface area contributed by atoms with Crippen LogP contribution in [0.4, 0.5) is 0 Å². The number of aliphatic hydroxyl groups is 1. The van der Waals surface area contributed by atoms with Gasteiger partial charge in [0.2, 0.25) is 5.79 Å². The molecule has 1 aromatic rings. The van der Waals surface area contributed by atoms with Gasteiger partial charge in [-0.05, 0) is 30.9 Å². The molecule has 26 heavy (non-hydrogen) atoms. The molecule has 2 heterocycles. The fraction of sp³-hybridized carbons (Fsp3) is 0.714. The lowest BCUT2D eigenvalue weighted by Crippen LogP contribution is -2.62. The summed E-state index contributed by atoms with van der Waals surface area (Å²) >= 11 is 0. The van der Waals surface area contributed by atoms with Crippen LogP contribution in [0, 0.1) is 0 Å². The van der Waals surface area contributed by atoms with Crippen LogP contribution in [0.2, 0.25) is 0 Å². The van der Waals surface area contributed by atoms with E-state index in [0.717, 1.165) is 54.6 Å². The predicted molar refractivity (Wildman–Crippen MR) is 97.6 cm³/mol. The largest absolute Gasteiger partial charge is 0.493 e. The summed E-state index contributed by atoms with van der Waals surface area (Å²) in [6.45, 7) is 1.16. The van der Waals surface area contributed by atoms with E-state index in [1.54, 1.807) is 14.2 Å². The van der Waals surface area contributed by atoms with Crippen LogP contribution in [0.1, 0.15) is 54.8 Å². The van der Waals surface area contributed by atoms with E-state index in [1.807, 2.05) is 0 Å². The van der Waals surface area contributed by atoms with Crippen molar-refractivity contribution in [2.24, 2.45) is 0 Å². The summed E-state index contributed by atoms with van der Waals surface area (Å²) < 4.78 is 19.1. The van der Waals surface area contributed by atoms with Crippen LogP contribution in [0.15, 0.2) is 6.07 Å². The molecule has 0 aromatic heterocycles. The molecular formula is C21H30NO4+. The molecule has 142 valence electrons. The molecular weight excluding hydrogens is 330 g/mol. The minimum Gasteiger partial charge on any atom is -0.493 e. The van der Waals surface area contributed by atoms with Crippen LogP contribution in [0.5, 0.6) is 11.5 Å². The van der Waals surface area contributed by atoms with Gasteiger partial charge in [-0.1, -0.05) is 0 Å². The number of rotatable bonds is 2. The van der Waals surface area contributed by atoms with Crippen LogP contribution < -0.4 is 9.47 Å². The molecule has 0 unspecified atom stereocenters. The van der Waals surface area contributed by atoms with Crippen molar-refractivity contribution in [3.05, 3.63) is 22.8 Å². The zero-order valence-electron chi connectivity index (χ0n) is 16.3. The Morgan fingerprint density at radius 2 is 2.00 bits per heavy atom. The molecule has 5 nitrogen and oxygen atoms in total. The molecule has 1 aromatic carbocycles. The first-order valence-corrected chi connectivity index (χ1v) is 9.85. The number of nitrogens with zero attached hydrogens (tertiary/aromatic N) is 1. The summed E-state index contributed by atoms with van der Waals surface area (Å²) in [6.07, 6.45) is 5.26. The number of aliphatic hydroxyl groups excluding tert-OH is 1. The van der Waals surface area contributed by atoms with Gasteiger partial charge in [-0.25, -0.2) is 0 Å².